The van der Waals surface area contributed by atoms with Gasteiger partial charge in [0.05, 0.1) is 12.6 Å². The molecule has 162 valence electrons. The molecule has 4 rings (SSSR count). The summed E-state index contributed by atoms with van der Waals surface area (Å²) in [5.74, 6) is 0.333. The first-order chi connectivity index (χ1) is 15.5. The minimum absolute atomic E-state index is 0.107. The van der Waals surface area contributed by atoms with E-state index in [1.807, 2.05) is 48.5 Å². The zero-order chi connectivity index (χ0) is 22.5. The molecule has 0 aliphatic heterocycles. The predicted molar refractivity (Wildman–Crippen MR) is 129 cm³/mol. The zero-order valence-corrected chi connectivity index (χ0v) is 18.4. The molecule has 0 atom stereocenters. The van der Waals surface area contributed by atoms with Crippen LogP contribution in [0, 0.1) is 0 Å². The minimum atomic E-state index is -0.293. The van der Waals surface area contributed by atoms with Gasteiger partial charge in [-0.2, -0.15) is 0 Å². The van der Waals surface area contributed by atoms with Gasteiger partial charge in [-0.15, -0.1) is 0 Å². The van der Waals surface area contributed by atoms with Crippen molar-refractivity contribution in [3.8, 4) is 5.75 Å². The van der Waals surface area contributed by atoms with Crippen LogP contribution in [0.25, 0.3) is 10.9 Å². The highest BCUT2D eigenvalue weighted by Crippen LogP contribution is 2.21. The SMILES string of the molecule is COc1ccc2cc(CCc3ccccc3)c(=O)n(CC(=O)Nc3ccc(Cl)cc3)c2c1. The lowest BCUT2D eigenvalue weighted by atomic mass is 10.0. The van der Waals surface area contributed by atoms with Gasteiger partial charge in [-0.25, -0.2) is 0 Å². The lowest BCUT2D eigenvalue weighted by molar-refractivity contribution is -0.116. The van der Waals surface area contributed by atoms with E-state index >= 15 is 0 Å². The van der Waals surface area contributed by atoms with E-state index in [1.165, 1.54) is 4.57 Å². The standard InChI is InChI=1S/C26H23ClN2O3/c1-32-23-14-9-19-15-20(8-7-18-5-3-2-4-6-18)26(31)29(24(19)16-23)17-25(30)28-22-12-10-21(27)11-13-22/h2-6,9-16H,7-8,17H2,1H3,(H,28,30). The number of nitrogens with zero attached hydrogens (tertiary/aromatic N) is 1. The summed E-state index contributed by atoms with van der Waals surface area (Å²) in [5.41, 5.74) is 2.94. The summed E-state index contributed by atoms with van der Waals surface area (Å²) >= 11 is 5.91. The zero-order valence-electron chi connectivity index (χ0n) is 17.7. The van der Waals surface area contributed by atoms with Crippen LogP contribution < -0.4 is 15.6 Å². The van der Waals surface area contributed by atoms with Crippen molar-refractivity contribution in [2.24, 2.45) is 0 Å². The molecule has 0 radical (unpaired) electrons. The van der Waals surface area contributed by atoms with Crippen molar-refractivity contribution in [3.63, 3.8) is 0 Å². The number of benzene rings is 3. The second kappa shape index (κ2) is 9.71. The number of hydrogen-bond acceptors (Lipinski definition) is 3. The average molecular weight is 447 g/mol. The Kier molecular flexibility index (Phi) is 6.57. The van der Waals surface area contributed by atoms with Crippen molar-refractivity contribution in [1.82, 2.24) is 4.57 Å². The van der Waals surface area contributed by atoms with Gasteiger partial charge in [0.15, 0.2) is 0 Å². The fourth-order valence-corrected chi connectivity index (χ4v) is 3.80. The first kappa shape index (κ1) is 21.7. The van der Waals surface area contributed by atoms with Crippen molar-refractivity contribution < 1.29 is 9.53 Å². The van der Waals surface area contributed by atoms with Gasteiger partial charge in [-0.1, -0.05) is 41.9 Å². The Labute approximate surface area is 191 Å². The molecule has 0 bridgehead atoms. The summed E-state index contributed by atoms with van der Waals surface area (Å²) in [5, 5.41) is 4.30. The normalized spacial score (nSPS) is 10.8. The lowest BCUT2D eigenvalue weighted by Crippen LogP contribution is -2.30. The number of methoxy groups -OCH3 is 1. The van der Waals surface area contributed by atoms with E-state index in [2.05, 4.69) is 5.32 Å². The smallest absolute Gasteiger partial charge is 0.254 e. The van der Waals surface area contributed by atoms with E-state index in [9.17, 15) is 9.59 Å². The van der Waals surface area contributed by atoms with Gasteiger partial charge in [0, 0.05) is 22.3 Å². The van der Waals surface area contributed by atoms with E-state index in [0.717, 1.165) is 17.4 Å². The van der Waals surface area contributed by atoms with Crippen LogP contribution in [-0.2, 0) is 24.2 Å². The largest absolute Gasteiger partial charge is 0.497 e. The number of pyridine rings is 1. The summed E-state index contributed by atoms with van der Waals surface area (Å²) in [6.45, 7) is -0.107. The Bertz CT molecular complexity index is 1300. The van der Waals surface area contributed by atoms with Crippen molar-refractivity contribution in [2.75, 3.05) is 12.4 Å². The number of rotatable bonds is 7. The average Bonchev–Trinajstić information content (AvgIpc) is 2.81. The fraction of sp³-hybridized carbons (Fsp3) is 0.154. The summed E-state index contributed by atoms with van der Waals surface area (Å²) in [6, 6.07) is 24.3. The maximum atomic E-state index is 13.4. The molecule has 1 N–H and O–H groups in total. The molecule has 1 aromatic heterocycles. The second-order valence-electron chi connectivity index (χ2n) is 7.53. The number of hydrogen-bond donors (Lipinski definition) is 1. The number of nitrogens with one attached hydrogen (secondary N) is 1. The van der Waals surface area contributed by atoms with Crippen LogP contribution in [0.4, 0.5) is 5.69 Å². The Balaban J connectivity index is 1.67. The van der Waals surface area contributed by atoms with E-state index in [1.54, 1.807) is 37.4 Å². The highest BCUT2D eigenvalue weighted by Gasteiger charge is 2.14. The van der Waals surface area contributed by atoms with Gasteiger partial charge >= 0.3 is 0 Å². The number of aryl methyl sites for hydroxylation is 2. The lowest BCUT2D eigenvalue weighted by Gasteiger charge is -2.14. The number of halogens is 1. The van der Waals surface area contributed by atoms with Gasteiger partial charge in [-0.3, -0.25) is 14.2 Å². The van der Waals surface area contributed by atoms with Gasteiger partial charge < -0.3 is 10.1 Å². The molecule has 0 saturated heterocycles. The first-order valence-corrected chi connectivity index (χ1v) is 10.7. The highest BCUT2D eigenvalue weighted by molar-refractivity contribution is 6.30. The van der Waals surface area contributed by atoms with E-state index < -0.39 is 0 Å². The Morgan fingerprint density at radius 3 is 2.44 bits per heavy atom. The molecule has 0 aliphatic rings. The van der Waals surface area contributed by atoms with Crippen molar-refractivity contribution in [2.45, 2.75) is 19.4 Å². The third-order valence-electron chi connectivity index (χ3n) is 5.33. The fourth-order valence-electron chi connectivity index (χ4n) is 3.68. The quantitative estimate of drug-likeness (QED) is 0.430. The molecule has 3 aromatic carbocycles. The molecule has 32 heavy (non-hydrogen) atoms. The van der Waals surface area contributed by atoms with Crippen molar-refractivity contribution in [1.29, 1.82) is 0 Å². The highest BCUT2D eigenvalue weighted by atomic mass is 35.5. The number of fused-ring (bicyclic) bond motifs is 1. The van der Waals surface area contributed by atoms with Crippen LogP contribution in [0.1, 0.15) is 11.1 Å². The van der Waals surface area contributed by atoms with Gasteiger partial charge in [-0.05, 0) is 66.3 Å². The molecule has 0 unspecified atom stereocenters. The topological polar surface area (TPSA) is 60.3 Å². The Morgan fingerprint density at radius 2 is 1.72 bits per heavy atom. The maximum absolute atomic E-state index is 13.4. The molecule has 1 heterocycles. The van der Waals surface area contributed by atoms with E-state index in [-0.39, 0.29) is 18.0 Å². The van der Waals surface area contributed by atoms with Gasteiger partial charge in [0.2, 0.25) is 5.91 Å². The van der Waals surface area contributed by atoms with Crippen LogP contribution in [0.3, 0.4) is 0 Å². The number of carbonyl (C=O) groups excluding carboxylic acids is 1. The third kappa shape index (κ3) is 5.01. The summed E-state index contributed by atoms with van der Waals surface area (Å²) in [4.78, 5) is 26.1. The molecule has 0 fully saturated rings. The van der Waals surface area contributed by atoms with Gasteiger partial charge in [0.1, 0.15) is 12.3 Å². The minimum Gasteiger partial charge on any atom is -0.497 e. The summed E-state index contributed by atoms with van der Waals surface area (Å²) in [6.07, 6.45) is 1.33. The molecule has 0 aliphatic carbocycles. The van der Waals surface area contributed by atoms with Gasteiger partial charge in [0.25, 0.3) is 5.56 Å². The van der Waals surface area contributed by atoms with Crippen LogP contribution in [0.2, 0.25) is 5.02 Å². The molecule has 0 saturated carbocycles. The third-order valence-corrected chi connectivity index (χ3v) is 5.59. The summed E-state index contributed by atoms with van der Waals surface area (Å²) in [7, 11) is 1.57. The number of carbonyl (C=O) groups is 1. The van der Waals surface area contributed by atoms with Crippen molar-refractivity contribution in [3.05, 3.63) is 105 Å². The molecule has 1 amide bonds. The van der Waals surface area contributed by atoms with Crippen LogP contribution in [-0.4, -0.2) is 17.6 Å². The van der Waals surface area contributed by atoms with Crippen LogP contribution >= 0.6 is 11.6 Å². The van der Waals surface area contributed by atoms with E-state index in [4.69, 9.17) is 16.3 Å². The number of aromatic nitrogens is 1. The molecule has 4 aromatic rings. The Hall–Kier alpha value is -3.57. The molecular formula is C26H23ClN2O3. The van der Waals surface area contributed by atoms with Crippen LogP contribution in [0.5, 0.6) is 5.75 Å². The van der Waals surface area contributed by atoms with Crippen LogP contribution in [0.15, 0.2) is 83.7 Å². The number of anilines is 1. The molecule has 6 heteroatoms. The number of ether oxygens (including phenoxy) is 1. The second-order valence-corrected chi connectivity index (χ2v) is 7.96. The molecular weight excluding hydrogens is 424 g/mol. The monoisotopic (exact) mass is 446 g/mol. The predicted octanol–water partition coefficient (Wildman–Crippen LogP) is 5.09. The molecule has 5 nitrogen and oxygen atoms in total. The van der Waals surface area contributed by atoms with E-state index in [0.29, 0.717) is 34.0 Å². The Morgan fingerprint density at radius 1 is 0.969 bits per heavy atom. The first-order valence-electron chi connectivity index (χ1n) is 10.3. The summed E-state index contributed by atoms with van der Waals surface area (Å²) < 4.78 is 6.85. The molecule has 0 spiro atoms. The maximum Gasteiger partial charge on any atom is 0.254 e. The number of amides is 1. The van der Waals surface area contributed by atoms with Crippen molar-refractivity contribution >= 4 is 34.1 Å².